The molecule has 112 valence electrons. The molecule has 1 aromatic carbocycles. The van der Waals surface area contributed by atoms with Crippen molar-refractivity contribution in [2.75, 3.05) is 19.0 Å². The number of nitrogens with two attached hydrogens (primary N) is 1. The maximum absolute atomic E-state index is 13.5. The Bertz CT molecular complexity index is 449. The van der Waals surface area contributed by atoms with Crippen molar-refractivity contribution in [3.63, 3.8) is 0 Å². The highest BCUT2D eigenvalue weighted by Gasteiger charge is 2.14. The highest BCUT2D eigenvalue weighted by Crippen LogP contribution is 2.21. The van der Waals surface area contributed by atoms with Gasteiger partial charge in [0.15, 0.2) is 11.6 Å². The van der Waals surface area contributed by atoms with Gasteiger partial charge in [-0.05, 0) is 36.9 Å². The molecule has 0 heterocycles. The van der Waals surface area contributed by atoms with Crippen LogP contribution in [0.1, 0.15) is 26.7 Å². The number of carbonyl (C=O) groups is 1. The van der Waals surface area contributed by atoms with Crippen LogP contribution in [0, 0.1) is 17.7 Å². The molecule has 0 radical (unpaired) electrons. The number of hydrogen-bond acceptors (Lipinski definition) is 3. The zero-order chi connectivity index (χ0) is 15.1. The third-order valence-electron chi connectivity index (χ3n) is 3.05. The Labute approximate surface area is 119 Å². The molecular formula is C15H23FN2O2. The number of rotatable bonds is 7. The molecule has 0 spiro atoms. The highest BCUT2D eigenvalue weighted by molar-refractivity contribution is 5.90. The van der Waals surface area contributed by atoms with E-state index in [1.54, 1.807) is 6.07 Å². The lowest BCUT2D eigenvalue weighted by Crippen LogP contribution is -2.23. The number of hydrogen-bond donors (Lipinski definition) is 2. The summed E-state index contributed by atoms with van der Waals surface area (Å²) in [7, 11) is 1.40. The lowest BCUT2D eigenvalue weighted by atomic mass is 9.94. The second-order valence-electron chi connectivity index (χ2n) is 5.33. The normalized spacial score (nSPS) is 12.3. The summed E-state index contributed by atoms with van der Waals surface area (Å²) in [5, 5.41) is 2.68. The van der Waals surface area contributed by atoms with Gasteiger partial charge in [-0.15, -0.1) is 0 Å². The van der Waals surface area contributed by atoms with Gasteiger partial charge in [-0.3, -0.25) is 4.79 Å². The summed E-state index contributed by atoms with van der Waals surface area (Å²) in [5.74, 6) is 0.157. The Morgan fingerprint density at radius 3 is 2.65 bits per heavy atom. The molecule has 1 unspecified atom stereocenters. The van der Waals surface area contributed by atoms with Crippen molar-refractivity contribution in [3.8, 4) is 5.75 Å². The summed E-state index contributed by atoms with van der Waals surface area (Å²) in [5.41, 5.74) is 6.09. The van der Waals surface area contributed by atoms with Crippen molar-refractivity contribution in [3.05, 3.63) is 24.0 Å². The van der Waals surface area contributed by atoms with E-state index in [1.807, 2.05) is 0 Å². The molecule has 1 rings (SSSR count). The molecule has 1 atom stereocenters. The van der Waals surface area contributed by atoms with Gasteiger partial charge in [0.25, 0.3) is 0 Å². The SMILES string of the molecule is COc1ccc(NC(=O)CC(CN)CC(C)C)cc1F. The fourth-order valence-electron chi connectivity index (χ4n) is 2.15. The van der Waals surface area contributed by atoms with Crippen molar-refractivity contribution in [1.29, 1.82) is 0 Å². The minimum absolute atomic E-state index is 0.148. The van der Waals surface area contributed by atoms with Gasteiger partial charge >= 0.3 is 0 Å². The molecule has 0 fully saturated rings. The molecule has 20 heavy (non-hydrogen) atoms. The molecule has 5 heteroatoms. The third kappa shape index (κ3) is 5.17. The van der Waals surface area contributed by atoms with E-state index in [0.717, 1.165) is 6.42 Å². The van der Waals surface area contributed by atoms with E-state index in [1.165, 1.54) is 19.2 Å². The predicted molar refractivity (Wildman–Crippen MR) is 78.2 cm³/mol. The van der Waals surface area contributed by atoms with Gasteiger partial charge in [-0.25, -0.2) is 4.39 Å². The number of nitrogens with one attached hydrogen (secondary N) is 1. The van der Waals surface area contributed by atoms with Gasteiger partial charge in [-0.2, -0.15) is 0 Å². The van der Waals surface area contributed by atoms with Crippen molar-refractivity contribution in [2.24, 2.45) is 17.6 Å². The van der Waals surface area contributed by atoms with E-state index in [2.05, 4.69) is 19.2 Å². The Morgan fingerprint density at radius 1 is 1.45 bits per heavy atom. The highest BCUT2D eigenvalue weighted by atomic mass is 19.1. The molecular weight excluding hydrogens is 259 g/mol. The van der Waals surface area contributed by atoms with E-state index in [9.17, 15) is 9.18 Å². The molecule has 1 aromatic rings. The van der Waals surface area contributed by atoms with Crippen molar-refractivity contribution in [1.82, 2.24) is 0 Å². The first kappa shape index (κ1) is 16.4. The van der Waals surface area contributed by atoms with Crippen LogP contribution in [-0.2, 0) is 4.79 Å². The van der Waals surface area contributed by atoms with E-state index in [-0.39, 0.29) is 17.6 Å². The van der Waals surface area contributed by atoms with E-state index in [4.69, 9.17) is 10.5 Å². The molecule has 3 N–H and O–H groups in total. The minimum atomic E-state index is -0.497. The summed E-state index contributed by atoms with van der Waals surface area (Å²) in [4.78, 5) is 11.9. The predicted octanol–water partition coefficient (Wildman–Crippen LogP) is 2.78. The van der Waals surface area contributed by atoms with Crippen LogP contribution in [0.3, 0.4) is 0 Å². The Balaban J connectivity index is 2.59. The zero-order valence-corrected chi connectivity index (χ0v) is 12.3. The van der Waals surface area contributed by atoms with Gasteiger partial charge in [0.2, 0.25) is 5.91 Å². The Morgan fingerprint density at radius 2 is 2.15 bits per heavy atom. The molecule has 0 aliphatic heterocycles. The van der Waals surface area contributed by atoms with Gasteiger partial charge in [-0.1, -0.05) is 13.8 Å². The lowest BCUT2D eigenvalue weighted by Gasteiger charge is -2.16. The van der Waals surface area contributed by atoms with Crippen LogP contribution in [0.5, 0.6) is 5.75 Å². The van der Waals surface area contributed by atoms with Crippen LogP contribution in [0.4, 0.5) is 10.1 Å². The standard InChI is InChI=1S/C15H23FN2O2/c1-10(2)6-11(9-17)7-15(19)18-12-4-5-14(20-3)13(16)8-12/h4-5,8,10-11H,6-7,9,17H2,1-3H3,(H,18,19). The number of anilines is 1. The summed E-state index contributed by atoms with van der Waals surface area (Å²) in [6, 6.07) is 4.34. The average molecular weight is 282 g/mol. The number of methoxy groups -OCH3 is 1. The number of halogens is 1. The van der Waals surface area contributed by atoms with Crippen molar-refractivity contribution < 1.29 is 13.9 Å². The lowest BCUT2D eigenvalue weighted by molar-refractivity contribution is -0.117. The molecule has 0 aromatic heterocycles. The molecule has 0 aliphatic rings. The summed E-state index contributed by atoms with van der Waals surface area (Å²) in [6.45, 7) is 4.67. The molecule has 1 amide bonds. The third-order valence-corrected chi connectivity index (χ3v) is 3.05. The summed E-state index contributed by atoms with van der Waals surface area (Å²) >= 11 is 0. The number of ether oxygens (including phenoxy) is 1. The molecule has 0 saturated carbocycles. The summed E-state index contributed by atoms with van der Waals surface area (Å²) in [6.07, 6.45) is 1.25. The Kier molecular flexibility index (Phi) is 6.45. The molecule has 4 nitrogen and oxygen atoms in total. The van der Waals surface area contributed by atoms with Crippen LogP contribution in [0.2, 0.25) is 0 Å². The largest absolute Gasteiger partial charge is 0.494 e. The summed E-state index contributed by atoms with van der Waals surface area (Å²) < 4.78 is 18.3. The first-order valence-corrected chi connectivity index (χ1v) is 6.79. The second kappa shape index (κ2) is 7.85. The monoisotopic (exact) mass is 282 g/mol. The van der Waals surface area contributed by atoms with Gasteiger partial charge < -0.3 is 15.8 Å². The smallest absolute Gasteiger partial charge is 0.224 e. The van der Waals surface area contributed by atoms with Crippen LogP contribution in [0.25, 0.3) is 0 Å². The fourth-order valence-corrected chi connectivity index (χ4v) is 2.15. The van der Waals surface area contributed by atoms with Gasteiger partial charge in [0, 0.05) is 18.2 Å². The van der Waals surface area contributed by atoms with E-state index in [0.29, 0.717) is 24.6 Å². The molecule has 0 aliphatic carbocycles. The first-order valence-electron chi connectivity index (χ1n) is 6.79. The Hall–Kier alpha value is -1.62. The van der Waals surface area contributed by atoms with Gasteiger partial charge in [0.05, 0.1) is 7.11 Å². The topological polar surface area (TPSA) is 64.3 Å². The zero-order valence-electron chi connectivity index (χ0n) is 12.3. The average Bonchev–Trinajstić information content (AvgIpc) is 2.37. The van der Waals surface area contributed by atoms with E-state index < -0.39 is 5.82 Å². The molecule has 0 bridgehead atoms. The van der Waals surface area contributed by atoms with Crippen LogP contribution < -0.4 is 15.8 Å². The minimum Gasteiger partial charge on any atom is -0.494 e. The fraction of sp³-hybridized carbons (Fsp3) is 0.533. The maximum Gasteiger partial charge on any atom is 0.224 e. The van der Waals surface area contributed by atoms with Crippen LogP contribution >= 0.6 is 0 Å². The maximum atomic E-state index is 13.5. The second-order valence-corrected chi connectivity index (χ2v) is 5.33. The van der Waals surface area contributed by atoms with Gasteiger partial charge in [0.1, 0.15) is 0 Å². The van der Waals surface area contributed by atoms with Crippen molar-refractivity contribution in [2.45, 2.75) is 26.7 Å². The van der Waals surface area contributed by atoms with E-state index >= 15 is 0 Å². The number of amides is 1. The van der Waals surface area contributed by atoms with Crippen molar-refractivity contribution >= 4 is 11.6 Å². The number of benzene rings is 1. The first-order chi connectivity index (χ1) is 9.46. The quantitative estimate of drug-likeness (QED) is 0.808. The number of carbonyl (C=O) groups excluding carboxylic acids is 1. The van der Waals surface area contributed by atoms with Crippen LogP contribution in [0.15, 0.2) is 18.2 Å². The van der Waals surface area contributed by atoms with Crippen LogP contribution in [-0.4, -0.2) is 19.6 Å². The molecule has 0 saturated heterocycles.